The van der Waals surface area contributed by atoms with E-state index in [0.29, 0.717) is 0 Å². The monoisotopic (exact) mass is 394 g/mol. The van der Waals surface area contributed by atoms with Crippen LogP contribution in [-0.4, -0.2) is 47.1 Å². The number of ether oxygens (including phenoxy) is 1. The third-order valence-electron chi connectivity index (χ3n) is 5.80. The van der Waals surface area contributed by atoms with E-state index in [1.165, 1.54) is 36.8 Å². The molecule has 1 saturated heterocycles. The van der Waals surface area contributed by atoms with Crippen molar-refractivity contribution < 1.29 is 4.74 Å². The molecule has 1 fully saturated rings. The highest BCUT2D eigenvalue weighted by molar-refractivity contribution is 5.83. The lowest BCUT2D eigenvalue weighted by Gasteiger charge is -2.31. The molecule has 0 saturated carbocycles. The summed E-state index contributed by atoms with van der Waals surface area (Å²) in [4.78, 5) is 4.73. The molecule has 0 radical (unpaired) electrons. The molecular weight excluding hydrogens is 360 g/mol. The summed E-state index contributed by atoms with van der Waals surface area (Å²) in [5.41, 5.74) is 2.62. The Morgan fingerprint density at radius 1 is 1.10 bits per heavy atom. The lowest BCUT2D eigenvalue weighted by atomic mass is 9.93. The van der Waals surface area contributed by atoms with Gasteiger partial charge in [-0.15, -0.1) is 0 Å². The van der Waals surface area contributed by atoms with Crippen LogP contribution in [0, 0.1) is 5.41 Å². The second kappa shape index (κ2) is 8.72. The Balaban J connectivity index is 1.45. The second-order valence-electron chi connectivity index (χ2n) is 9.37. The van der Waals surface area contributed by atoms with Crippen molar-refractivity contribution in [2.24, 2.45) is 5.41 Å². The van der Waals surface area contributed by atoms with Gasteiger partial charge < -0.3 is 14.5 Å². The second-order valence-corrected chi connectivity index (χ2v) is 9.37. The SMILES string of the molecule is CC(C)(C)CCOC1C=CC=CN1c1ccc2c(cnn2CCN2CCCC2)c1. The van der Waals surface area contributed by atoms with Crippen LogP contribution in [0.1, 0.15) is 40.0 Å². The number of hydrogen-bond acceptors (Lipinski definition) is 4. The van der Waals surface area contributed by atoms with Crippen molar-refractivity contribution in [1.29, 1.82) is 0 Å². The average Bonchev–Trinajstić information content (AvgIpc) is 3.35. The molecule has 0 aliphatic carbocycles. The molecule has 2 aliphatic heterocycles. The maximum Gasteiger partial charge on any atom is 0.153 e. The number of aromatic nitrogens is 2. The average molecular weight is 395 g/mol. The van der Waals surface area contributed by atoms with Gasteiger partial charge in [-0.2, -0.15) is 5.10 Å². The van der Waals surface area contributed by atoms with Gasteiger partial charge in [0.05, 0.1) is 24.9 Å². The maximum absolute atomic E-state index is 6.20. The number of benzene rings is 1. The summed E-state index contributed by atoms with van der Waals surface area (Å²) in [6, 6.07) is 6.60. The first-order valence-electron chi connectivity index (χ1n) is 10.9. The van der Waals surface area contributed by atoms with Crippen molar-refractivity contribution in [3.05, 3.63) is 48.8 Å². The molecule has 156 valence electrons. The van der Waals surface area contributed by atoms with Gasteiger partial charge in [-0.3, -0.25) is 4.68 Å². The molecule has 2 aromatic rings. The molecule has 0 amide bonds. The molecule has 2 aliphatic rings. The molecule has 1 aromatic carbocycles. The van der Waals surface area contributed by atoms with Crippen LogP contribution in [0.5, 0.6) is 0 Å². The van der Waals surface area contributed by atoms with Gasteiger partial charge in [-0.1, -0.05) is 26.8 Å². The normalized spacial score (nSPS) is 20.2. The van der Waals surface area contributed by atoms with Crippen molar-refractivity contribution in [3.63, 3.8) is 0 Å². The highest BCUT2D eigenvalue weighted by Crippen LogP contribution is 2.27. The minimum atomic E-state index is -0.0648. The zero-order valence-electron chi connectivity index (χ0n) is 18.1. The Morgan fingerprint density at radius 3 is 2.72 bits per heavy atom. The number of fused-ring (bicyclic) bond motifs is 1. The topological polar surface area (TPSA) is 33.5 Å². The van der Waals surface area contributed by atoms with Crippen LogP contribution >= 0.6 is 0 Å². The number of hydrogen-bond donors (Lipinski definition) is 0. The Morgan fingerprint density at radius 2 is 1.93 bits per heavy atom. The molecule has 1 unspecified atom stereocenters. The van der Waals surface area contributed by atoms with Gasteiger partial charge in [-0.25, -0.2) is 0 Å². The van der Waals surface area contributed by atoms with Crippen molar-refractivity contribution in [2.75, 3.05) is 31.1 Å². The summed E-state index contributed by atoms with van der Waals surface area (Å²) in [7, 11) is 0. The predicted molar refractivity (Wildman–Crippen MR) is 120 cm³/mol. The minimum absolute atomic E-state index is 0.0648. The summed E-state index contributed by atoms with van der Waals surface area (Å²) in [6.45, 7) is 12.0. The van der Waals surface area contributed by atoms with E-state index in [1.54, 1.807) is 0 Å². The maximum atomic E-state index is 6.20. The van der Waals surface area contributed by atoms with E-state index in [4.69, 9.17) is 4.74 Å². The molecule has 0 N–H and O–H groups in total. The standard InChI is InChI=1S/C24H34N4O/c1-24(2,3)11-17-29-23-8-4-5-14-27(23)21-9-10-22-20(18-21)19-25-28(22)16-15-26-12-6-7-13-26/h4-5,8-10,14,18-19,23H,6-7,11-13,15-17H2,1-3H3. The van der Waals surface area contributed by atoms with E-state index in [-0.39, 0.29) is 11.6 Å². The van der Waals surface area contributed by atoms with Gasteiger partial charge in [0.1, 0.15) is 0 Å². The van der Waals surface area contributed by atoms with Gasteiger partial charge in [-0.05, 0) is 68.1 Å². The van der Waals surface area contributed by atoms with Crippen LogP contribution in [-0.2, 0) is 11.3 Å². The molecule has 5 heteroatoms. The third-order valence-corrected chi connectivity index (χ3v) is 5.80. The van der Waals surface area contributed by atoms with Gasteiger partial charge in [0.2, 0.25) is 0 Å². The molecule has 0 spiro atoms. The van der Waals surface area contributed by atoms with E-state index in [1.807, 2.05) is 6.20 Å². The van der Waals surface area contributed by atoms with E-state index in [2.05, 4.69) is 83.0 Å². The van der Waals surface area contributed by atoms with E-state index < -0.39 is 0 Å². The first-order valence-corrected chi connectivity index (χ1v) is 10.9. The van der Waals surface area contributed by atoms with Gasteiger partial charge in [0, 0.05) is 23.8 Å². The number of nitrogens with zero attached hydrogens (tertiary/aromatic N) is 4. The molecule has 3 heterocycles. The fourth-order valence-electron chi connectivity index (χ4n) is 3.99. The van der Waals surface area contributed by atoms with Gasteiger partial charge in [0.15, 0.2) is 6.23 Å². The Hall–Kier alpha value is -2.11. The van der Waals surface area contributed by atoms with Crippen molar-refractivity contribution in [1.82, 2.24) is 14.7 Å². The Kier molecular flexibility index (Phi) is 6.07. The molecule has 4 rings (SSSR count). The first kappa shape index (κ1) is 20.2. The fourth-order valence-corrected chi connectivity index (χ4v) is 3.99. The Labute approximate surface area is 174 Å². The highest BCUT2D eigenvalue weighted by Gasteiger charge is 2.19. The molecule has 5 nitrogen and oxygen atoms in total. The highest BCUT2D eigenvalue weighted by atomic mass is 16.5. The summed E-state index contributed by atoms with van der Waals surface area (Å²) in [5, 5.41) is 5.83. The summed E-state index contributed by atoms with van der Waals surface area (Å²) in [5.74, 6) is 0. The molecule has 29 heavy (non-hydrogen) atoms. The Bertz CT molecular complexity index is 871. The fraction of sp³-hybridized carbons (Fsp3) is 0.542. The first-order chi connectivity index (χ1) is 14.0. The third kappa shape index (κ3) is 5.09. The predicted octanol–water partition coefficient (Wildman–Crippen LogP) is 4.80. The van der Waals surface area contributed by atoms with Crippen molar-refractivity contribution in [2.45, 2.75) is 52.8 Å². The quantitative estimate of drug-likeness (QED) is 0.675. The van der Waals surface area contributed by atoms with E-state index in [9.17, 15) is 0 Å². The van der Waals surface area contributed by atoms with Gasteiger partial charge >= 0.3 is 0 Å². The number of allylic oxidation sites excluding steroid dienone is 2. The van der Waals surface area contributed by atoms with Crippen LogP contribution in [0.25, 0.3) is 10.9 Å². The van der Waals surface area contributed by atoms with Crippen LogP contribution in [0.2, 0.25) is 0 Å². The van der Waals surface area contributed by atoms with Crippen LogP contribution < -0.4 is 4.90 Å². The molecular formula is C24H34N4O. The summed E-state index contributed by atoms with van der Waals surface area (Å²) >= 11 is 0. The number of rotatable bonds is 7. The van der Waals surface area contributed by atoms with Crippen LogP contribution in [0.15, 0.2) is 48.8 Å². The summed E-state index contributed by atoms with van der Waals surface area (Å²) < 4.78 is 8.34. The lowest BCUT2D eigenvalue weighted by molar-refractivity contribution is 0.0683. The van der Waals surface area contributed by atoms with Crippen LogP contribution in [0.3, 0.4) is 0 Å². The smallest absolute Gasteiger partial charge is 0.153 e. The summed E-state index contributed by atoms with van der Waals surface area (Å²) in [6.07, 6.45) is 14.0. The number of likely N-dealkylation sites (tertiary alicyclic amines) is 1. The number of anilines is 1. The van der Waals surface area contributed by atoms with Crippen molar-refractivity contribution >= 4 is 16.6 Å². The van der Waals surface area contributed by atoms with E-state index in [0.717, 1.165) is 31.8 Å². The lowest BCUT2D eigenvalue weighted by Crippen LogP contribution is -2.33. The zero-order valence-corrected chi connectivity index (χ0v) is 18.1. The van der Waals surface area contributed by atoms with Crippen molar-refractivity contribution in [3.8, 4) is 0 Å². The minimum Gasteiger partial charge on any atom is -0.354 e. The molecule has 0 bridgehead atoms. The molecule has 1 aromatic heterocycles. The van der Waals surface area contributed by atoms with Gasteiger partial charge in [0.25, 0.3) is 0 Å². The largest absolute Gasteiger partial charge is 0.354 e. The zero-order chi connectivity index (χ0) is 20.3. The van der Waals surface area contributed by atoms with Crippen LogP contribution in [0.4, 0.5) is 5.69 Å². The molecule has 1 atom stereocenters. The van der Waals surface area contributed by atoms with E-state index >= 15 is 0 Å².